The van der Waals surface area contributed by atoms with Crippen LogP contribution in [0.3, 0.4) is 0 Å². The molecular formula is C13H11NO2. The first kappa shape index (κ1) is 10.4. The predicted molar refractivity (Wildman–Crippen MR) is 62.3 cm³/mol. The summed E-state index contributed by atoms with van der Waals surface area (Å²) in [5.74, 6) is -0.249. The maximum Gasteiger partial charge on any atom is 0.220 e. The summed E-state index contributed by atoms with van der Waals surface area (Å²) < 4.78 is 0. The number of hydrogen-bond acceptors (Lipinski definition) is 3. The minimum Gasteiger partial charge on any atom is -0.504 e. The predicted octanol–water partition coefficient (Wildman–Crippen LogP) is 2.12. The quantitative estimate of drug-likeness (QED) is 0.789. The lowest BCUT2D eigenvalue weighted by molar-refractivity contribution is 0.471. The van der Waals surface area contributed by atoms with Crippen LogP contribution in [-0.4, -0.2) is 10.1 Å². The molecule has 1 N–H and O–H groups in total. The first-order chi connectivity index (χ1) is 7.66. The molecule has 2 aromatic rings. The molecule has 0 saturated carbocycles. The summed E-state index contributed by atoms with van der Waals surface area (Å²) in [7, 11) is 0. The van der Waals surface area contributed by atoms with E-state index in [1.165, 1.54) is 12.1 Å². The maximum absolute atomic E-state index is 11.2. The van der Waals surface area contributed by atoms with Crippen LogP contribution >= 0.6 is 0 Å². The highest BCUT2D eigenvalue weighted by Crippen LogP contribution is 2.19. The third kappa shape index (κ3) is 2.08. The van der Waals surface area contributed by atoms with Gasteiger partial charge in [-0.25, -0.2) is 0 Å². The molecule has 0 amide bonds. The van der Waals surface area contributed by atoms with E-state index in [2.05, 4.69) is 4.98 Å². The Balaban J connectivity index is 2.57. The second-order valence-electron chi connectivity index (χ2n) is 3.56. The molecule has 0 fully saturated rings. The van der Waals surface area contributed by atoms with Crippen molar-refractivity contribution in [2.24, 2.45) is 0 Å². The SMILES string of the molecule is Cc1ccc(-c2cccc(=O)c(O)c2)cn1. The van der Waals surface area contributed by atoms with E-state index in [-0.39, 0.29) is 11.2 Å². The van der Waals surface area contributed by atoms with E-state index in [0.717, 1.165) is 16.8 Å². The Bertz CT molecular complexity index is 562. The van der Waals surface area contributed by atoms with Crippen LogP contribution in [0.25, 0.3) is 11.1 Å². The van der Waals surface area contributed by atoms with Gasteiger partial charge in [0, 0.05) is 17.5 Å². The third-order valence-electron chi connectivity index (χ3n) is 2.31. The van der Waals surface area contributed by atoms with Gasteiger partial charge in [-0.2, -0.15) is 0 Å². The number of pyridine rings is 1. The lowest BCUT2D eigenvalue weighted by Crippen LogP contribution is -1.91. The van der Waals surface area contributed by atoms with E-state index in [9.17, 15) is 9.90 Å². The van der Waals surface area contributed by atoms with Crippen LogP contribution in [0, 0.1) is 6.92 Å². The van der Waals surface area contributed by atoms with Gasteiger partial charge in [0.1, 0.15) is 0 Å². The van der Waals surface area contributed by atoms with Crippen LogP contribution in [0.1, 0.15) is 5.69 Å². The molecular weight excluding hydrogens is 202 g/mol. The molecule has 80 valence electrons. The number of aromatic nitrogens is 1. The second-order valence-corrected chi connectivity index (χ2v) is 3.56. The minimum absolute atomic E-state index is 0.249. The van der Waals surface area contributed by atoms with Crippen LogP contribution < -0.4 is 5.43 Å². The standard InChI is InChI=1S/C13H11NO2/c1-9-5-6-11(8-14-9)10-3-2-4-12(15)13(16)7-10/h2-8H,1H3,(H,15,16). The van der Waals surface area contributed by atoms with E-state index in [1.54, 1.807) is 18.3 Å². The summed E-state index contributed by atoms with van der Waals surface area (Å²) in [6, 6.07) is 9.97. The number of aromatic hydroxyl groups is 1. The molecule has 0 spiro atoms. The van der Waals surface area contributed by atoms with Gasteiger partial charge in [0.15, 0.2) is 5.75 Å². The number of nitrogens with zero attached hydrogens (tertiary/aromatic N) is 1. The largest absolute Gasteiger partial charge is 0.504 e. The number of aryl methyl sites for hydroxylation is 1. The Hall–Kier alpha value is -2.16. The average Bonchev–Trinajstić information content (AvgIpc) is 2.43. The summed E-state index contributed by atoms with van der Waals surface area (Å²) >= 11 is 0. The first-order valence-electron chi connectivity index (χ1n) is 4.93. The van der Waals surface area contributed by atoms with Crippen molar-refractivity contribution in [2.45, 2.75) is 6.92 Å². The molecule has 0 unspecified atom stereocenters. The van der Waals surface area contributed by atoms with E-state index >= 15 is 0 Å². The molecule has 0 aliphatic heterocycles. The van der Waals surface area contributed by atoms with Crippen molar-refractivity contribution in [1.29, 1.82) is 0 Å². The fourth-order valence-electron chi connectivity index (χ4n) is 1.41. The molecule has 1 aromatic carbocycles. The Kier molecular flexibility index (Phi) is 2.68. The van der Waals surface area contributed by atoms with Crippen molar-refractivity contribution in [3.63, 3.8) is 0 Å². The van der Waals surface area contributed by atoms with Gasteiger partial charge in [0.2, 0.25) is 5.43 Å². The molecule has 1 heterocycles. The summed E-state index contributed by atoms with van der Waals surface area (Å²) in [5, 5.41) is 9.44. The summed E-state index contributed by atoms with van der Waals surface area (Å²) in [6.07, 6.45) is 1.72. The summed E-state index contributed by atoms with van der Waals surface area (Å²) in [5.41, 5.74) is 2.19. The lowest BCUT2D eigenvalue weighted by Gasteiger charge is -1.98. The van der Waals surface area contributed by atoms with Crippen LogP contribution in [0.4, 0.5) is 0 Å². The Morgan fingerprint density at radius 1 is 1.12 bits per heavy atom. The highest BCUT2D eigenvalue weighted by Gasteiger charge is 1.99. The van der Waals surface area contributed by atoms with Gasteiger partial charge < -0.3 is 5.11 Å². The van der Waals surface area contributed by atoms with Gasteiger partial charge in [0.05, 0.1) is 0 Å². The van der Waals surface area contributed by atoms with Crippen molar-refractivity contribution in [1.82, 2.24) is 4.98 Å². The highest BCUT2D eigenvalue weighted by atomic mass is 16.3. The van der Waals surface area contributed by atoms with Crippen LogP contribution in [0.2, 0.25) is 0 Å². The van der Waals surface area contributed by atoms with Crippen molar-refractivity contribution in [2.75, 3.05) is 0 Å². The fraction of sp³-hybridized carbons (Fsp3) is 0.0769. The van der Waals surface area contributed by atoms with Gasteiger partial charge in [0.25, 0.3) is 0 Å². The van der Waals surface area contributed by atoms with Crippen LogP contribution in [0.15, 0.2) is 47.4 Å². The summed E-state index contributed by atoms with van der Waals surface area (Å²) in [4.78, 5) is 15.4. The number of hydrogen-bond donors (Lipinski definition) is 1. The van der Waals surface area contributed by atoms with Crippen molar-refractivity contribution < 1.29 is 5.11 Å². The van der Waals surface area contributed by atoms with Gasteiger partial charge >= 0.3 is 0 Å². The van der Waals surface area contributed by atoms with E-state index in [0.29, 0.717) is 0 Å². The molecule has 16 heavy (non-hydrogen) atoms. The maximum atomic E-state index is 11.2. The molecule has 1 aromatic heterocycles. The Labute approximate surface area is 93.0 Å². The van der Waals surface area contributed by atoms with E-state index < -0.39 is 0 Å². The Morgan fingerprint density at radius 2 is 1.94 bits per heavy atom. The van der Waals surface area contributed by atoms with E-state index in [4.69, 9.17) is 0 Å². The average molecular weight is 213 g/mol. The van der Waals surface area contributed by atoms with Gasteiger partial charge in [-0.05, 0) is 30.7 Å². The van der Waals surface area contributed by atoms with Crippen LogP contribution in [0.5, 0.6) is 5.75 Å². The van der Waals surface area contributed by atoms with Crippen molar-refractivity contribution in [3.05, 3.63) is 58.5 Å². The zero-order valence-electron chi connectivity index (χ0n) is 8.84. The lowest BCUT2D eigenvalue weighted by atomic mass is 10.1. The third-order valence-corrected chi connectivity index (χ3v) is 2.31. The smallest absolute Gasteiger partial charge is 0.220 e. The van der Waals surface area contributed by atoms with Gasteiger partial charge in [-0.1, -0.05) is 18.2 Å². The molecule has 2 rings (SSSR count). The van der Waals surface area contributed by atoms with E-state index in [1.807, 2.05) is 19.1 Å². The first-order valence-corrected chi connectivity index (χ1v) is 4.93. The zero-order chi connectivity index (χ0) is 11.5. The normalized spacial score (nSPS) is 10.1. The second kappa shape index (κ2) is 4.14. The van der Waals surface area contributed by atoms with Crippen molar-refractivity contribution in [3.8, 4) is 16.9 Å². The highest BCUT2D eigenvalue weighted by molar-refractivity contribution is 5.63. The molecule has 3 heteroatoms. The van der Waals surface area contributed by atoms with Crippen LogP contribution in [-0.2, 0) is 0 Å². The molecule has 3 nitrogen and oxygen atoms in total. The molecule has 0 saturated heterocycles. The molecule has 0 bridgehead atoms. The van der Waals surface area contributed by atoms with Gasteiger partial charge in [-0.3, -0.25) is 9.78 Å². The monoisotopic (exact) mass is 213 g/mol. The molecule has 0 aliphatic carbocycles. The van der Waals surface area contributed by atoms with Gasteiger partial charge in [-0.15, -0.1) is 0 Å². The van der Waals surface area contributed by atoms with Crippen molar-refractivity contribution >= 4 is 0 Å². The Morgan fingerprint density at radius 3 is 2.62 bits per heavy atom. The topological polar surface area (TPSA) is 50.2 Å². The molecule has 0 atom stereocenters. The molecule has 0 aliphatic rings. The molecule has 0 radical (unpaired) electrons. The summed E-state index contributed by atoms with van der Waals surface area (Å²) in [6.45, 7) is 1.90. The minimum atomic E-state index is -0.383. The number of rotatable bonds is 1. The zero-order valence-corrected chi connectivity index (χ0v) is 8.84. The fourth-order valence-corrected chi connectivity index (χ4v) is 1.41.